The van der Waals surface area contributed by atoms with Gasteiger partial charge in [0.15, 0.2) is 0 Å². The topological polar surface area (TPSA) is 57.7 Å². The number of carbonyl (C=O) groups is 1. The molecule has 2 fully saturated rings. The fourth-order valence-electron chi connectivity index (χ4n) is 4.46. The minimum atomic E-state index is 0.0753. The molecular formula is C21H28N4O2. The molecule has 2 saturated heterocycles. The molecule has 4 rings (SSSR count). The summed E-state index contributed by atoms with van der Waals surface area (Å²) in [4.78, 5) is 21.6. The van der Waals surface area contributed by atoms with E-state index in [-0.39, 0.29) is 11.4 Å². The summed E-state index contributed by atoms with van der Waals surface area (Å²) in [5.41, 5.74) is 2.06. The summed E-state index contributed by atoms with van der Waals surface area (Å²) >= 11 is 0. The van der Waals surface area contributed by atoms with Gasteiger partial charge in [0.05, 0.1) is 12.8 Å². The van der Waals surface area contributed by atoms with Crippen molar-refractivity contribution in [1.82, 2.24) is 20.1 Å². The Morgan fingerprint density at radius 2 is 2.11 bits per heavy atom. The number of nitrogens with one attached hydrogen (secondary N) is 1. The summed E-state index contributed by atoms with van der Waals surface area (Å²) in [6.07, 6.45) is 2.54. The van der Waals surface area contributed by atoms with Crippen molar-refractivity contribution in [3.8, 4) is 5.75 Å². The smallest absolute Gasteiger partial charge is 0.220 e. The number of amides is 1. The third kappa shape index (κ3) is 3.64. The van der Waals surface area contributed by atoms with Crippen molar-refractivity contribution < 1.29 is 9.53 Å². The Morgan fingerprint density at radius 1 is 1.22 bits per heavy atom. The number of likely N-dealkylation sites (N-methyl/N-ethyl adjacent to an activating group) is 1. The first kappa shape index (κ1) is 18.2. The van der Waals surface area contributed by atoms with Crippen LogP contribution in [0.3, 0.4) is 0 Å². The molecule has 1 atom stereocenters. The first-order valence-corrected chi connectivity index (χ1v) is 9.73. The van der Waals surface area contributed by atoms with Gasteiger partial charge in [0.1, 0.15) is 11.3 Å². The molecule has 0 bridgehead atoms. The van der Waals surface area contributed by atoms with Crippen LogP contribution in [0.1, 0.15) is 25.0 Å². The van der Waals surface area contributed by atoms with Crippen LogP contribution in [0.4, 0.5) is 0 Å². The van der Waals surface area contributed by atoms with Gasteiger partial charge >= 0.3 is 0 Å². The van der Waals surface area contributed by atoms with Crippen LogP contribution in [-0.2, 0) is 11.3 Å². The van der Waals surface area contributed by atoms with Gasteiger partial charge in [0.2, 0.25) is 5.91 Å². The Bertz CT molecular complexity index is 840. The van der Waals surface area contributed by atoms with Crippen LogP contribution < -0.4 is 10.1 Å². The zero-order valence-electron chi connectivity index (χ0n) is 16.2. The van der Waals surface area contributed by atoms with E-state index in [9.17, 15) is 4.79 Å². The highest BCUT2D eigenvalue weighted by molar-refractivity contribution is 5.84. The predicted octanol–water partition coefficient (Wildman–Crippen LogP) is 2.03. The fraction of sp³-hybridized carbons (Fsp3) is 0.524. The molecule has 0 unspecified atom stereocenters. The molecule has 27 heavy (non-hydrogen) atoms. The van der Waals surface area contributed by atoms with E-state index in [0.717, 1.165) is 67.9 Å². The van der Waals surface area contributed by atoms with Crippen LogP contribution in [0.2, 0.25) is 0 Å². The molecule has 0 saturated carbocycles. The molecule has 2 aliphatic heterocycles. The lowest BCUT2D eigenvalue weighted by Gasteiger charge is -2.49. The van der Waals surface area contributed by atoms with Crippen molar-refractivity contribution in [3.05, 3.63) is 36.0 Å². The number of piperazine rings is 1. The summed E-state index contributed by atoms with van der Waals surface area (Å²) in [6, 6.07) is 10.3. The zero-order chi connectivity index (χ0) is 18.9. The number of para-hydroxylation sites is 1. The third-order valence-electron chi connectivity index (χ3n) is 6.16. The van der Waals surface area contributed by atoms with Gasteiger partial charge in [0.25, 0.3) is 0 Å². The lowest BCUT2D eigenvalue weighted by Crippen LogP contribution is -2.60. The van der Waals surface area contributed by atoms with Gasteiger partial charge in [0, 0.05) is 50.1 Å². The van der Waals surface area contributed by atoms with Crippen LogP contribution in [0, 0.1) is 0 Å². The van der Waals surface area contributed by atoms with Crippen molar-refractivity contribution in [1.29, 1.82) is 0 Å². The highest BCUT2D eigenvalue weighted by atomic mass is 16.5. The lowest BCUT2D eigenvalue weighted by molar-refractivity contribution is -0.121. The van der Waals surface area contributed by atoms with Crippen LogP contribution in [0.25, 0.3) is 10.9 Å². The van der Waals surface area contributed by atoms with Crippen LogP contribution in [0.5, 0.6) is 5.75 Å². The van der Waals surface area contributed by atoms with Gasteiger partial charge in [-0.15, -0.1) is 0 Å². The molecule has 3 heterocycles. The molecule has 0 aliphatic carbocycles. The maximum absolute atomic E-state index is 11.8. The standard InChI is InChI=1S/C21H28N4O2/c1-24-12-13-25(15-21(24)9-8-19(26)22-11-10-21)14-17-7-6-16-4-3-5-18(27-2)20(16)23-17/h3-7H,8-15H2,1-2H3,(H,22,26)/t21-/m1/s1. The monoisotopic (exact) mass is 368 g/mol. The lowest BCUT2D eigenvalue weighted by atomic mass is 9.86. The second-order valence-electron chi connectivity index (χ2n) is 7.79. The number of pyridine rings is 1. The highest BCUT2D eigenvalue weighted by Gasteiger charge is 2.40. The summed E-state index contributed by atoms with van der Waals surface area (Å²) in [5, 5.41) is 4.12. The number of benzene rings is 1. The molecule has 1 N–H and O–H groups in total. The van der Waals surface area contributed by atoms with E-state index in [2.05, 4.69) is 40.4 Å². The number of ether oxygens (including phenoxy) is 1. The SMILES string of the molecule is COc1cccc2ccc(CN3CCN(C)[C@]4(CCNC(=O)CC4)C3)nc12. The molecular weight excluding hydrogens is 340 g/mol. The van der Waals surface area contributed by atoms with E-state index in [1.165, 1.54) is 0 Å². The first-order valence-electron chi connectivity index (χ1n) is 9.73. The Kier molecular flexibility index (Phi) is 5.02. The van der Waals surface area contributed by atoms with Gasteiger partial charge < -0.3 is 10.1 Å². The summed E-state index contributed by atoms with van der Waals surface area (Å²) < 4.78 is 5.48. The quantitative estimate of drug-likeness (QED) is 0.898. The van der Waals surface area contributed by atoms with Crippen molar-refractivity contribution in [3.63, 3.8) is 0 Å². The Labute approximate surface area is 160 Å². The van der Waals surface area contributed by atoms with E-state index in [1.54, 1.807) is 7.11 Å². The van der Waals surface area contributed by atoms with Gasteiger partial charge in [-0.1, -0.05) is 18.2 Å². The molecule has 2 aliphatic rings. The molecule has 144 valence electrons. The van der Waals surface area contributed by atoms with E-state index in [1.807, 2.05) is 12.1 Å². The maximum Gasteiger partial charge on any atom is 0.220 e. The minimum absolute atomic E-state index is 0.0753. The second kappa shape index (κ2) is 7.44. The summed E-state index contributed by atoms with van der Waals surface area (Å²) in [5.74, 6) is 0.998. The zero-order valence-corrected chi connectivity index (χ0v) is 16.2. The van der Waals surface area contributed by atoms with Crippen LogP contribution >= 0.6 is 0 Å². The molecule has 2 aromatic rings. The van der Waals surface area contributed by atoms with E-state index in [4.69, 9.17) is 9.72 Å². The van der Waals surface area contributed by atoms with Gasteiger partial charge in [-0.25, -0.2) is 4.98 Å². The van der Waals surface area contributed by atoms with Gasteiger partial charge in [-0.05, 0) is 32.0 Å². The molecule has 6 heteroatoms. The second-order valence-corrected chi connectivity index (χ2v) is 7.79. The third-order valence-corrected chi connectivity index (χ3v) is 6.16. The number of methoxy groups -OCH3 is 1. The highest BCUT2D eigenvalue weighted by Crippen LogP contribution is 2.31. The number of rotatable bonds is 3. The van der Waals surface area contributed by atoms with E-state index < -0.39 is 0 Å². The number of aromatic nitrogens is 1. The normalized spacial score (nSPS) is 24.7. The van der Waals surface area contributed by atoms with Crippen molar-refractivity contribution in [2.75, 3.05) is 40.3 Å². The van der Waals surface area contributed by atoms with Crippen LogP contribution in [-0.4, -0.2) is 66.6 Å². The molecule has 1 amide bonds. The van der Waals surface area contributed by atoms with Crippen molar-refractivity contribution in [2.45, 2.75) is 31.3 Å². The Balaban J connectivity index is 1.54. The Morgan fingerprint density at radius 3 is 2.96 bits per heavy atom. The fourth-order valence-corrected chi connectivity index (χ4v) is 4.46. The molecule has 1 aromatic heterocycles. The molecule has 1 spiro atoms. The number of hydrogen-bond acceptors (Lipinski definition) is 5. The van der Waals surface area contributed by atoms with Gasteiger partial charge in [-0.2, -0.15) is 0 Å². The molecule has 6 nitrogen and oxygen atoms in total. The summed E-state index contributed by atoms with van der Waals surface area (Å²) in [7, 11) is 3.89. The Hall–Kier alpha value is -2.18. The van der Waals surface area contributed by atoms with Crippen LogP contribution in [0.15, 0.2) is 30.3 Å². The summed E-state index contributed by atoms with van der Waals surface area (Å²) in [6.45, 7) is 4.61. The number of hydrogen-bond donors (Lipinski definition) is 1. The first-order chi connectivity index (χ1) is 13.1. The van der Waals surface area contributed by atoms with Gasteiger partial charge in [-0.3, -0.25) is 14.6 Å². The minimum Gasteiger partial charge on any atom is -0.494 e. The van der Waals surface area contributed by atoms with E-state index in [0.29, 0.717) is 6.42 Å². The van der Waals surface area contributed by atoms with E-state index >= 15 is 0 Å². The number of carbonyl (C=O) groups excluding carboxylic acids is 1. The average Bonchev–Trinajstić information content (AvgIpc) is 2.86. The number of fused-ring (bicyclic) bond motifs is 1. The maximum atomic E-state index is 11.8. The molecule has 0 radical (unpaired) electrons. The van der Waals surface area contributed by atoms with Crippen molar-refractivity contribution in [2.24, 2.45) is 0 Å². The molecule has 1 aromatic carbocycles. The number of nitrogens with zero attached hydrogens (tertiary/aromatic N) is 3. The van der Waals surface area contributed by atoms with Crippen molar-refractivity contribution >= 4 is 16.8 Å². The predicted molar refractivity (Wildman–Crippen MR) is 106 cm³/mol. The largest absolute Gasteiger partial charge is 0.494 e. The average molecular weight is 368 g/mol.